The van der Waals surface area contributed by atoms with E-state index in [1.807, 2.05) is 59.5 Å². The molecule has 3 aromatic rings. The lowest BCUT2D eigenvalue weighted by Gasteiger charge is -2.41. The lowest BCUT2D eigenvalue weighted by molar-refractivity contribution is -0.135. The number of nitrogens with one attached hydrogen (secondary N) is 1. The summed E-state index contributed by atoms with van der Waals surface area (Å²) >= 11 is 0. The summed E-state index contributed by atoms with van der Waals surface area (Å²) in [6.07, 6.45) is 2.70. The number of amides is 4. The van der Waals surface area contributed by atoms with Crippen molar-refractivity contribution in [3.8, 4) is 0 Å². The molecule has 0 bridgehead atoms. The molecule has 3 aromatic carbocycles. The fourth-order valence-electron chi connectivity index (χ4n) is 6.34. The second-order valence-corrected chi connectivity index (χ2v) is 10.6. The van der Waals surface area contributed by atoms with Crippen LogP contribution in [0.25, 0.3) is 10.8 Å². The number of primary amides is 1. The van der Waals surface area contributed by atoms with E-state index in [1.54, 1.807) is 19.0 Å². The summed E-state index contributed by atoms with van der Waals surface area (Å²) in [5.74, 6) is -0.137. The number of benzene rings is 3. The third kappa shape index (κ3) is 4.66. The molecular formula is C30H34N4O3. The van der Waals surface area contributed by atoms with Crippen molar-refractivity contribution in [2.24, 2.45) is 5.73 Å². The molecule has 192 valence electrons. The van der Waals surface area contributed by atoms with Crippen molar-refractivity contribution in [3.63, 3.8) is 0 Å². The first-order chi connectivity index (χ1) is 17.8. The van der Waals surface area contributed by atoms with E-state index in [9.17, 15) is 14.4 Å². The second kappa shape index (κ2) is 9.88. The molecule has 1 saturated heterocycles. The topological polar surface area (TPSA) is 95.7 Å². The highest BCUT2D eigenvalue weighted by molar-refractivity contribution is 5.90. The molecule has 7 heteroatoms. The van der Waals surface area contributed by atoms with Crippen molar-refractivity contribution >= 4 is 28.6 Å². The van der Waals surface area contributed by atoms with Crippen molar-refractivity contribution in [3.05, 3.63) is 83.4 Å². The third-order valence-corrected chi connectivity index (χ3v) is 8.19. The number of fused-ring (bicyclic) bond motifs is 3. The Bertz CT molecular complexity index is 1340. The number of carbonyl (C=O) groups is 3. The molecular weight excluding hydrogens is 464 g/mol. The van der Waals surface area contributed by atoms with Gasteiger partial charge in [0.2, 0.25) is 11.8 Å². The average Bonchev–Trinajstić information content (AvgIpc) is 3.21. The fraction of sp³-hybridized carbons (Fsp3) is 0.367. The average molecular weight is 499 g/mol. The normalized spacial score (nSPS) is 18.9. The van der Waals surface area contributed by atoms with E-state index in [1.165, 1.54) is 5.56 Å². The summed E-state index contributed by atoms with van der Waals surface area (Å²) in [7, 11) is 3.61. The van der Waals surface area contributed by atoms with Crippen LogP contribution in [0.2, 0.25) is 0 Å². The molecule has 37 heavy (non-hydrogen) atoms. The lowest BCUT2D eigenvalue weighted by atomic mass is 9.73. The van der Waals surface area contributed by atoms with Crippen LogP contribution in [0.15, 0.2) is 66.7 Å². The number of likely N-dealkylation sites (tertiary alicyclic amines) is 1. The van der Waals surface area contributed by atoms with Crippen LogP contribution in [0.5, 0.6) is 0 Å². The first-order valence-electron chi connectivity index (χ1n) is 12.9. The number of piperidine rings is 1. The summed E-state index contributed by atoms with van der Waals surface area (Å²) in [5.41, 5.74) is 8.72. The van der Waals surface area contributed by atoms with Crippen molar-refractivity contribution in [2.45, 2.75) is 43.1 Å². The Labute approximate surface area is 217 Å². The molecule has 1 aliphatic heterocycles. The number of rotatable bonds is 5. The van der Waals surface area contributed by atoms with Gasteiger partial charge in [0.15, 0.2) is 0 Å². The summed E-state index contributed by atoms with van der Waals surface area (Å²) < 4.78 is 0. The Morgan fingerprint density at radius 2 is 1.68 bits per heavy atom. The summed E-state index contributed by atoms with van der Waals surface area (Å²) in [6.45, 7) is 1.14. The molecule has 0 aromatic heterocycles. The smallest absolute Gasteiger partial charge is 0.312 e. The van der Waals surface area contributed by atoms with Gasteiger partial charge in [-0.2, -0.15) is 0 Å². The van der Waals surface area contributed by atoms with E-state index >= 15 is 0 Å². The minimum Gasteiger partial charge on any atom is -0.352 e. The largest absolute Gasteiger partial charge is 0.352 e. The maximum atomic E-state index is 13.7. The fourth-order valence-corrected chi connectivity index (χ4v) is 6.34. The molecule has 1 fully saturated rings. The Balaban J connectivity index is 1.35. The van der Waals surface area contributed by atoms with E-state index in [0.717, 1.165) is 41.2 Å². The maximum Gasteiger partial charge on any atom is 0.312 e. The van der Waals surface area contributed by atoms with E-state index in [4.69, 9.17) is 5.73 Å². The van der Waals surface area contributed by atoms with Gasteiger partial charge in [0, 0.05) is 39.0 Å². The van der Waals surface area contributed by atoms with Crippen molar-refractivity contribution < 1.29 is 14.4 Å². The van der Waals surface area contributed by atoms with Crippen molar-refractivity contribution in [1.29, 1.82) is 0 Å². The van der Waals surface area contributed by atoms with E-state index in [-0.39, 0.29) is 23.1 Å². The van der Waals surface area contributed by atoms with Crippen LogP contribution in [-0.4, -0.2) is 60.9 Å². The Morgan fingerprint density at radius 3 is 2.41 bits per heavy atom. The van der Waals surface area contributed by atoms with Crippen molar-refractivity contribution in [2.75, 3.05) is 27.2 Å². The van der Waals surface area contributed by atoms with Gasteiger partial charge in [-0.05, 0) is 46.7 Å². The van der Waals surface area contributed by atoms with Crippen LogP contribution in [0, 0.1) is 0 Å². The van der Waals surface area contributed by atoms with E-state index in [2.05, 4.69) is 17.4 Å². The molecule has 4 amide bonds. The monoisotopic (exact) mass is 498 g/mol. The van der Waals surface area contributed by atoms with Crippen molar-refractivity contribution in [1.82, 2.24) is 15.1 Å². The number of nitrogens with two attached hydrogens (primary N) is 1. The highest BCUT2D eigenvalue weighted by atomic mass is 16.2. The molecule has 5 rings (SSSR count). The first-order valence-corrected chi connectivity index (χ1v) is 12.9. The zero-order valence-corrected chi connectivity index (χ0v) is 21.4. The highest BCUT2D eigenvalue weighted by Crippen LogP contribution is 2.52. The third-order valence-electron chi connectivity index (χ3n) is 8.19. The van der Waals surface area contributed by atoms with E-state index < -0.39 is 12.1 Å². The Kier molecular flexibility index (Phi) is 6.63. The molecule has 0 saturated carbocycles. The van der Waals surface area contributed by atoms with Gasteiger partial charge in [0.25, 0.3) is 0 Å². The number of hydrogen-bond acceptors (Lipinski definition) is 3. The van der Waals surface area contributed by atoms with Crippen LogP contribution < -0.4 is 11.1 Å². The quantitative estimate of drug-likeness (QED) is 0.563. The molecule has 1 heterocycles. The van der Waals surface area contributed by atoms with E-state index in [0.29, 0.717) is 19.5 Å². The van der Waals surface area contributed by atoms with Gasteiger partial charge >= 0.3 is 6.03 Å². The standard InChI is InChI=1S/C30H34N4O3/c1-33(2)27(35)24-19-30(25-13-6-5-12-23(24)25)14-16-34(17-15-30)28(36)26(32-29(31)37)18-21-10-7-9-20-8-3-4-11-22(20)21/h3-13,24,26H,14-19H2,1-2H3,(H3,31,32,37)/t24-,26?/m1/s1. The van der Waals surface area contributed by atoms with Crippen LogP contribution in [0.3, 0.4) is 0 Å². The zero-order chi connectivity index (χ0) is 26.2. The molecule has 3 N–H and O–H groups in total. The SMILES string of the molecule is CN(C)C(=O)[C@@H]1CC2(CCN(C(=O)C(Cc3cccc4ccccc34)NC(N)=O)CC2)c2ccccc21. The molecule has 7 nitrogen and oxygen atoms in total. The number of carbonyl (C=O) groups excluding carboxylic acids is 3. The van der Waals surface area contributed by atoms with Crippen LogP contribution in [0.4, 0.5) is 4.79 Å². The number of likely N-dealkylation sites (N-methyl/N-ethyl adjacent to an activating group) is 1. The summed E-state index contributed by atoms with van der Waals surface area (Å²) in [6, 6.07) is 20.8. The molecule has 2 aliphatic rings. The highest BCUT2D eigenvalue weighted by Gasteiger charge is 2.48. The number of urea groups is 1. The van der Waals surface area contributed by atoms with Gasteiger partial charge in [-0.15, -0.1) is 0 Å². The maximum absolute atomic E-state index is 13.7. The minimum absolute atomic E-state index is 0.117. The molecule has 1 unspecified atom stereocenters. The predicted molar refractivity (Wildman–Crippen MR) is 144 cm³/mol. The van der Waals surface area contributed by atoms with Gasteiger partial charge in [-0.3, -0.25) is 9.59 Å². The Hall–Kier alpha value is -3.87. The number of nitrogens with zero attached hydrogens (tertiary/aromatic N) is 2. The zero-order valence-electron chi connectivity index (χ0n) is 21.4. The van der Waals surface area contributed by atoms with Crippen LogP contribution in [-0.2, 0) is 21.4 Å². The summed E-state index contributed by atoms with van der Waals surface area (Å²) in [4.78, 5) is 42.0. The minimum atomic E-state index is -0.740. The van der Waals surface area contributed by atoms with Gasteiger partial charge in [0.05, 0.1) is 5.92 Å². The predicted octanol–water partition coefficient (Wildman–Crippen LogP) is 3.56. The number of hydrogen-bond donors (Lipinski definition) is 2. The lowest BCUT2D eigenvalue weighted by Crippen LogP contribution is -2.54. The summed E-state index contributed by atoms with van der Waals surface area (Å²) in [5, 5.41) is 4.85. The van der Waals surface area contributed by atoms with Gasteiger partial charge in [-0.1, -0.05) is 66.7 Å². The molecule has 1 aliphatic carbocycles. The first kappa shape index (κ1) is 24.8. The van der Waals surface area contributed by atoms with Gasteiger partial charge < -0.3 is 20.9 Å². The van der Waals surface area contributed by atoms with Crippen LogP contribution >= 0.6 is 0 Å². The Morgan fingerprint density at radius 1 is 1.00 bits per heavy atom. The van der Waals surface area contributed by atoms with Gasteiger partial charge in [-0.25, -0.2) is 4.79 Å². The van der Waals surface area contributed by atoms with Crippen LogP contribution in [0.1, 0.15) is 41.9 Å². The second-order valence-electron chi connectivity index (χ2n) is 10.6. The van der Waals surface area contributed by atoms with Gasteiger partial charge in [0.1, 0.15) is 6.04 Å². The molecule has 2 atom stereocenters. The molecule has 0 radical (unpaired) electrons. The molecule has 1 spiro atoms.